The van der Waals surface area contributed by atoms with E-state index in [1.807, 2.05) is 54.7 Å². The van der Waals surface area contributed by atoms with E-state index in [-0.39, 0.29) is 12.3 Å². The molecule has 4 rings (SSSR count). The van der Waals surface area contributed by atoms with Gasteiger partial charge in [-0.3, -0.25) is 14.2 Å². The van der Waals surface area contributed by atoms with E-state index >= 15 is 0 Å². The number of rotatable bonds is 5. The number of benzene rings is 2. The van der Waals surface area contributed by atoms with Crippen LogP contribution in [0.4, 0.5) is 5.82 Å². The van der Waals surface area contributed by atoms with Crippen LogP contribution in [0.3, 0.4) is 0 Å². The second-order valence-corrected chi connectivity index (χ2v) is 6.66. The Morgan fingerprint density at radius 1 is 1.14 bits per heavy atom. The molecule has 0 bridgehead atoms. The van der Waals surface area contributed by atoms with E-state index in [9.17, 15) is 4.79 Å². The summed E-state index contributed by atoms with van der Waals surface area (Å²) >= 11 is 5.95. The Bertz CT molecular complexity index is 1140. The van der Waals surface area contributed by atoms with Crippen LogP contribution in [-0.4, -0.2) is 27.4 Å². The summed E-state index contributed by atoms with van der Waals surface area (Å²) in [6.45, 7) is 0. The molecule has 0 saturated heterocycles. The maximum absolute atomic E-state index is 12.5. The Balaban J connectivity index is 1.57. The van der Waals surface area contributed by atoms with Crippen LogP contribution >= 0.6 is 11.6 Å². The van der Waals surface area contributed by atoms with Crippen LogP contribution in [0.5, 0.6) is 5.75 Å². The van der Waals surface area contributed by atoms with Crippen molar-refractivity contribution in [3.63, 3.8) is 0 Å². The standard InChI is InChI=1S/C21H17ClN4O2/c1-28-17-4-2-3-14(9-17)10-21(27)25-20-12-24-19-11-23-18(13-26(19)20)15-5-7-16(22)8-6-15/h2-9,11-13H,10H2,1H3,(H,25,27). The number of anilines is 1. The molecule has 28 heavy (non-hydrogen) atoms. The molecule has 6 nitrogen and oxygen atoms in total. The highest BCUT2D eigenvalue weighted by atomic mass is 35.5. The Kier molecular flexibility index (Phi) is 4.95. The van der Waals surface area contributed by atoms with Crippen molar-refractivity contribution in [2.45, 2.75) is 6.42 Å². The number of nitrogens with zero attached hydrogens (tertiary/aromatic N) is 3. The fourth-order valence-electron chi connectivity index (χ4n) is 2.91. The molecule has 0 aliphatic heterocycles. The number of imidazole rings is 1. The third-order valence-corrected chi connectivity index (χ3v) is 4.55. The van der Waals surface area contributed by atoms with Gasteiger partial charge in [-0.1, -0.05) is 35.9 Å². The molecule has 140 valence electrons. The number of hydrogen-bond donors (Lipinski definition) is 1. The number of aromatic nitrogens is 3. The lowest BCUT2D eigenvalue weighted by Gasteiger charge is -2.08. The third-order valence-electron chi connectivity index (χ3n) is 4.30. The first-order valence-corrected chi connectivity index (χ1v) is 9.02. The summed E-state index contributed by atoms with van der Waals surface area (Å²) in [7, 11) is 1.60. The number of nitrogens with one attached hydrogen (secondary N) is 1. The summed E-state index contributed by atoms with van der Waals surface area (Å²) in [5, 5.41) is 3.58. The maximum atomic E-state index is 12.5. The molecule has 4 aromatic rings. The highest BCUT2D eigenvalue weighted by Crippen LogP contribution is 2.22. The first kappa shape index (κ1) is 18.0. The molecule has 1 amide bonds. The van der Waals surface area contributed by atoms with E-state index in [0.717, 1.165) is 22.6 Å². The van der Waals surface area contributed by atoms with E-state index in [4.69, 9.17) is 16.3 Å². The highest BCUT2D eigenvalue weighted by molar-refractivity contribution is 6.30. The Morgan fingerprint density at radius 3 is 2.75 bits per heavy atom. The molecule has 0 aliphatic carbocycles. The SMILES string of the molecule is COc1cccc(CC(=O)Nc2cnc3cnc(-c4ccc(Cl)cc4)cn23)c1. The predicted octanol–water partition coefficient (Wildman–Crippen LogP) is 4.24. The summed E-state index contributed by atoms with van der Waals surface area (Å²) in [4.78, 5) is 21.2. The monoisotopic (exact) mass is 392 g/mol. The van der Waals surface area contributed by atoms with Gasteiger partial charge in [0.2, 0.25) is 5.91 Å². The number of methoxy groups -OCH3 is 1. The van der Waals surface area contributed by atoms with Crippen molar-refractivity contribution >= 4 is 29.0 Å². The van der Waals surface area contributed by atoms with Crippen LogP contribution in [0.2, 0.25) is 5.02 Å². The van der Waals surface area contributed by atoms with Gasteiger partial charge in [-0.15, -0.1) is 0 Å². The van der Waals surface area contributed by atoms with E-state index in [1.54, 1.807) is 23.9 Å². The molecule has 0 saturated carbocycles. The number of amides is 1. The first-order valence-electron chi connectivity index (χ1n) is 8.64. The summed E-state index contributed by atoms with van der Waals surface area (Å²) in [6.07, 6.45) is 5.36. The largest absolute Gasteiger partial charge is 0.497 e. The highest BCUT2D eigenvalue weighted by Gasteiger charge is 2.11. The number of carbonyl (C=O) groups excluding carboxylic acids is 1. The van der Waals surface area contributed by atoms with Crippen molar-refractivity contribution in [1.82, 2.24) is 14.4 Å². The van der Waals surface area contributed by atoms with Crippen LogP contribution in [0.1, 0.15) is 5.56 Å². The van der Waals surface area contributed by atoms with Crippen molar-refractivity contribution in [2.75, 3.05) is 12.4 Å². The molecule has 7 heteroatoms. The Labute approximate surface area is 166 Å². The number of fused-ring (bicyclic) bond motifs is 1. The second-order valence-electron chi connectivity index (χ2n) is 6.23. The van der Waals surface area contributed by atoms with Crippen molar-refractivity contribution in [1.29, 1.82) is 0 Å². The molecule has 0 spiro atoms. The topological polar surface area (TPSA) is 68.5 Å². The minimum Gasteiger partial charge on any atom is -0.497 e. The van der Waals surface area contributed by atoms with Gasteiger partial charge in [0.15, 0.2) is 5.65 Å². The predicted molar refractivity (Wildman–Crippen MR) is 109 cm³/mol. The van der Waals surface area contributed by atoms with Gasteiger partial charge in [0, 0.05) is 16.8 Å². The average Bonchev–Trinajstić information content (AvgIpc) is 3.10. The smallest absolute Gasteiger partial charge is 0.229 e. The number of halogens is 1. The summed E-state index contributed by atoms with van der Waals surface area (Å²) in [5.74, 6) is 1.17. The zero-order valence-corrected chi connectivity index (χ0v) is 15.8. The van der Waals surface area contributed by atoms with E-state index in [2.05, 4.69) is 15.3 Å². The maximum Gasteiger partial charge on any atom is 0.229 e. The van der Waals surface area contributed by atoms with E-state index < -0.39 is 0 Å². The molecule has 2 heterocycles. The molecule has 0 fully saturated rings. The van der Waals surface area contributed by atoms with Crippen LogP contribution in [0.15, 0.2) is 67.1 Å². The molecule has 0 atom stereocenters. The third kappa shape index (κ3) is 3.82. The van der Waals surface area contributed by atoms with Gasteiger partial charge in [0.25, 0.3) is 0 Å². The Morgan fingerprint density at radius 2 is 1.96 bits per heavy atom. The van der Waals surface area contributed by atoms with Gasteiger partial charge < -0.3 is 10.1 Å². The fraction of sp³-hybridized carbons (Fsp3) is 0.0952. The van der Waals surface area contributed by atoms with E-state index in [0.29, 0.717) is 16.5 Å². The molecule has 1 N–H and O–H groups in total. The van der Waals surface area contributed by atoms with Crippen molar-refractivity contribution < 1.29 is 9.53 Å². The van der Waals surface area contributed by atoms with Gasteiger partial charge in [0.05, 0.1) is 31.6 Å². The summed E-state index contributed by atoms with van der Waals surface area (Å²) in [6, 6.07) is 14.9. The number of carbonyl (C=O) groups is 1. The zero-order chi connectivity index (χ0) is 19.5. The van der Waals surface area contributed by atoms with Gasteiger partial charge in [-0.25, -0.2) is 4.98 Å². The minimum atomic E-state index is -0.139. The van der Waals surface area contributed by atoms with Crippen molar-refractivity contribution in [2.24, 2.45) is 0 Å². The number of ether oxygens (including phenoxy) is 1. The molecule has 2 aromatic carbocycles. The lowest BCUT2D eigenvalue weighted by atomic mass is 10.1. The van der Waals surface area contributed by atoms with Crippen molar-refractivity contribution in [3.05, 3.63) is 77.7 Å². The van der Waals surface area contributed by atoms with Crippen LogP contribution in [0.25, 0.3) is 16.9 Å². The number of hydrogen-bond acceptors (Lipinski definition) is 4. The van der Waals surface area contributed by atoms with Crippen LogP contribution in [0, 0.1) is 0 Å². The summed E-state index contributed by atoms with van der Waals surface area (Å²) in [5.41, 5.74) is 3.20. The summed E-state index contributed by atoms with van der Waals surface area (Å²) < 4.78 is 7.01. The quantitative estimate of drug-likeness (QED) is 0.551. The lowest BCUT2D eigenvalue weighted by Crippen LogP contribution is -2.15. The zero-order valence-electron chi connectivity index (χ0n) is 15.1. The first-order chi connectivity index (χ1) is 13.6. The molecule has 2 aromatic heterocycles. The average molecular weight is 393 g/mol. The molecule has 0 unspecified atom stereocenters. The Hall–Kier alpha value is -3.38. The second kappa shape index (κ2) is 7.70. The lowest BCUT2D eigenvalue weighted by molar-refractivity contribution is -0.115. The molecular formula is C21H17ClN4O2. The van der Waals surface area contributed by atoms with E-state index in [1.165, 1.54) is 0 Å². The van der Waals surface area contributed by atoms with Gasteiger partial charge >= 0.3 is 0 Å². The van der Waals surface area contributed by atoms with Gasteiger partial charge in [0.1, 0.15) is 11.6 Å². The van der Waals surface area contributed by atoms with Gasteiger partial charge in [-0.2, -0.15) is 0 Å². The van der Waals surface area contributed by atoms with Crippen molar-refractivity contribution in [3.8, 4) is 17.0 Å². The van der Waals surface area contributed by atoms with Gasteiger partial charge in [-0.05, 0) is 29.8 Å². The molecular weight excluding hydrogens is 376 g/mol. The minimum absolute atomic E-state index is 0.139. The normalized spacial score (nSPS) is 10.8. The van der Waals surface area contributed by atoms with Crippen LogP contribution < -0.4 is 10.1 Å². The fourth-order valence-corrected chi connectivity index (χ4v) is 3.03. The molecule has 0 radical (unpaired) electrons. The van der Waals surface area contributed by atoms with Crippen LogP contribution in [-0.2, 0) is 11.2 Å². The molecule has 0 aliphatic rings.